The van der Waals surface area contributed by atoms with E-state index in [4.69, 9.17) is 17.3 Å². The van der Waals surface area contributed by atoms with E-state index in [-0.39, 0.29) is 0 Å². The zero-order valence-electron chi connectivity index (χ0n) is 10.9. The summed E-state index contributed by atoms with van der Waals surface area (Å²) < 4.78 is 2.00. The van der Waals surface area contributed by atoms with E-state index in [9.17, 15) is 0 Å². The summed E-state index contributed by atoms with van der Waals surface area (Å²) in [4.78, 5) is 4.42. The van der Waals surface area contributed by atoms with E-state index in [0.717, 1.165) is 17.1 Å². The predicted octanol–water partition coefficient (Wildman–Crippen LogP) is 3.63. The van der Waals surface area contributed by atoms with Crippen LogP contribution in [0.25, 0.3) is 17.1 Å². The molecule has 0 aliphatic carbocycles. The van der Waals surface area contributed by atoms with Crippen molar-refractivity contribution in [3.8, 4) is 17.1 Å². The maximum absolute atomic E-state index is 6.26. The number of halogens is 1. The molecule has 0 radical (unpaired) electrons. The van der Waals surface area contributed by atoms with Crippen molar-refractivity contribution in [2.24, 2.45) is 0 Å². The first kappa shape index (κ1) is 13.1. The van der Waals surface area contributed by atoms with E-state index >= 15 is 0 Å². The Hall–Kier alpha value is -1.91. The van der Waals surface area contributed by atoms with Crippen LogP contribution < -0.4 is 9.69 Å². The summed E-state index contributed by atoms with van der Waals surface area (Å²) in [5.41, 5.74) is 9.00. The standard InChI is InChI=1S/C15H12ClN3S/c1-10-6-8-11(9-7-10)19-14(18-15(17)20-19)12-4-2-3-5-13(12)16/h2-9,17H,1H3/p+1. The molecular formula is C15H13ClN3S+. The SMILES string of the molecule is Cc1ccc(-[n+]2sc(N)nc2-c2ccccc2Cl)cc1. The fourth-order valence-corrected chi connectivity index (χ4v) is 2.96. The average molecular weight is 303 g/mol. The largest absolute Gasteiger partial charge is 0.352 e. The van der Waals surface area contributed by atoms with Gasteiger partial charge in [-0.3, -0.25) is 0 Å². The summed E-state index contributed by atoms with van der Waals surface area (Å²) in [6.07, 6.45) is 0. The highest BCUT2D eigenvalue weighted by atomic mass is 35.5. The second-order valence-electron chi connectivity index (χ2n) is 4.47. The molecule has 2 aromatic carbocycles. The van der Waals surface area contributed by atoms with E-state index in [0.29, 0.717) is 10.2 Å². The lowest BCUT2D eigenvalue weighted by Gasteiger charge is -2.00. The number of nitrogens with zero attached hydrogens (tertiary/aromatic N) is 2. The first-order valence-electron chi connectivity index (χ1n) is 6.16. The third-order valence-corrected chi connectivity index (χ3v) is 4.15. The second-order valence-corrected chi connectivity index (χ2v) is 5.85. The summed E-state index contributed by atoms with van der Waals surface area (Å²) in [6, 6.07) is 15.9. The maximum atomic E-state index is 6.26. The van der Waals surface area contributed by atoms with Gasteiger partial charge in [0.25, 0.3) is 0 Å². The van der Waals surface area contributed by atoms with Crippen molar-refractivity contribution in [2.75, 3.05) is 5.73 Å². The molecular weight excluding hydrogens is 290 g/mol. The Morgan fingerprint density at radius 1 is 1.10 bits per heavy atom. The van der Waals surface area contributed by atoms with Crippen molar-refractivity contribution < 1.29 is 3.96 Å². The minimum Gasteiger partial charge on any atom is -0.351 e. The number of benzene rings is 2. The van der Waals surface area contributed by atoms with Crippen LogP contribution in [0.5, 0.6) is 0 Å². The average Bonchev–Trinajstić information content (AvgIpc) is 2.82. The number of nitrogen functional groups attached to an aromatic ring is 1. The van der Waals surface area contributed by atoms with E-state index in [2.05, 4.69) is 24.0 Å². The van der Waals surface area contributed by atoms with Gasteiger partial charge >= 0.3 is 11.0 Å². The third-order valence-electron chi connectivity index (χ3n) is 2.98. The Labute approximate surface area is 126 Å². The van der Waals surface area contributed by atoms with Crippen molar-refractivity contribution in [1.29, 1.82) is 0 Å². The van der Waals surface area contributed by atoms with Gasteiger partial charge in [-0.2, -0.15) is 0 Å². The second kappa shape index (κ2) is 5.23. The Balaban J connectivity index is 2.18. The summed E-state index contributed by atoms with van der Waals surface area (Å²) in [7, 11) is 0. The first-order chi connectivity index (χ1) is 9.65. The molecule has 1 heterocycles. The Morgan fingerprint density at radius 3 is 2.50 bits per heavy atom. The van der Waals surface area contributed by atoms with Crippen LogP contribution >= 0.6 is 23.1 Å². The Kier molecular flexibility index (Phi) is 3.42. The highest BCUT2D eigenvalue weighted by molar-refractivity contribution is 7.05. The molecule has 0 aliphatic heterocycles. The van der Waals surface area contributed by atoms with Crippen molar-refractivity contribution in [3.05, 3.63) is 59.1 Å². The van der Waals surface area contributed by atoms with Crippen molar-refractivity contribution >= 4 is 28.3 Å². The third kappa shape index (κ3) is 2.40. The van der Waals surface area contributed by atoms with Gasteiger partial charge in [-0.1, -0.05) is 41.4 Å². The number of aromatic nitrogens is 2. The molecule has 0 amide bonds. The zero-order chi connectivity index (χ0) is 14.1. The molecule has 1 aromatic heterocycles. The lowest BCUT2D eigenvalue weighted by Crippen LogP contribution is -2.28. The molecule has 0 saturated carbocycles. The van der Waals surface area contributed by atoms with Crippen molar-refractivity contribution in [2.45, 2.75) is 6.92 Å². The quantitative estimate of drug-likeness (QED) is 0.735. The molecule has 3 nitrogen and oxygen atoms in total. The van der Waals surface area contributed by atoms with Crippen LogP contribution in [0.4, 0.5) is 5.13 Å². The molecule has 0 unspecified atom stereocenters. The molecule has 3 rings (SSSR count). The number of hydrogen-bond donors (Lipinski definition) is 1. The van der Waals surface area contributed by atoms with E-state index in [1.165, 1.54) is 17.1 Å². The molecule has 20 heavy (non-hydrogen) atoms. The smallest absolute Gasteiger partial charge is 0.351 e. The van der Waals surface area contributed by atoms with Crippen molar-refractivity contribution in [3.63, 3.8) is 0 Å². The molecule has 0 aliphatic rings. The number of hydrogen-bond acceptors (Lipinski definition) is 3. The number of nitrogens with two attached hydrogens (primary N) is 1. The summed E-state index contributed by atoms with van der Waals surface area (Å²) in [5.74, 6) is 0.766. The van der Waals surface area contributed by atoms with Crippen LogP contribution in [0.2, 0.25) is 5.02 Å². The summed E-state index contributed by atoms with van der Waals surface area (Å²) in [6.45, 7) is 2.06. The molecule has 0 bridgehead atoms. The normalized spacial score (nSPS) is 10.7. The van der Waals surface area contributed by atoms with Crippen LogP contribution in [0.1, 0.15) is 5.56 Å². The van der Waals surface area contributed by atoms with Crippen LogP contribution in [-0.4, -0.2) is 4.98 Å². The molecule has 0 fully saturated rings. The molecule has 0 saturated heterocycles. The van der Waals surface area contributed by atoms with Gasteiger partial charge in [-0.25, -0.2) is 0 Å². The minimum absolute atomic E-state index is 0.514. The minimum atomic E-state index is 0.514. The van der Waals surface area contributed by atoms with Gasteiger partial charge in [-0.15, -0.1) is 3.96 Å². The van der Waals surface area contributed by atoms with Crippen LogP contribution in [0.15, 0.2) is 48.5 Å². The lowest BCUT2D eigenvalue weighted by atomic mass is 10.2. The first-order valence-corrected chi connectivity index (χ1v) is 7.31. The zero-order valence-corrected chi connectivity index (χ0v) is 12.4. The maximum Gasteiger partial charge on any atom is 0.352 e. The monoisotopic (exact) mass is 302 g/mol. The van der Waals surface area contributed by atoms with Gasteiger partial charge in [0.05, 0.1) is 10.6 Å². The Morgan fingerprint density at radius 2 is 1.80 bits per heavy atom. The predicted molar refractivity (Wildman–Crippen MR) is 83.2 cm³/mol. The van der Waals surface area contributed by atoms with Crippen LogP contribution in [0.3, 0.4) is 0 Å². The van der Waals surface area contributed by atoms with Gasteiger partial charge in [0, 0.05) is 0 Å². The van der Waals surface area contributed by atoms with Gasteiger partial charge < -0.3 is 5.73 Å². The van der Waals surface area contributed by atoms with E-state index in [1.54, 1.807) is 0 Å². The highest BCUT2D eigenvalue weighted by Gasteiger charge is 2.24. The topological polar surface area (TPSA) is 42.8 Å². The highest BCUT2D eigenvalue weighted by Crippen LogP contribution is 2.27. The fraction of sp³-hybridized carbons (Fsp3) is 0.0667. The molecule has 0 spiro atoms. The van der Waals surface area contributed by atoms with E-state index in [1.807, 2.05) is 40.4 Å². The number of rotatable bonds is 2. The summed E-state index contributed by atoms with van der Waals surface area (Å²) in [5, 5.41) is 1.18. The lowest BCUT2D eigenvalue weighted by molar-refractivity contribution is -0.509. The van der Waals surface area contributed by atoms with Gasteiger partial charge in [0.1, 0.15) is 17.2 Å². The van der Waals surface area contributed by atoms with Gasteiger partial charge in [0.2, 0.25) is 0 Å². The summed E-state index contributed by atoms with van der Waals surface area (Å²) >= 11 is 7.66. The van der Waals surface area contributed by atoms with E-state index < -0.39 is 0 Å². The van der Waals surface area contributed by atoms with Gasteiger partial charge in [-0.05, 0) is 36.2 Å². The molecule has 0 atom stereocenters. The molecule has 100 valence electrons. The molecule has 2 N–H and O–H groups in total. The van der Waals surface area contributed by atoms with Crippen molar-refractivity contribution in [1.82, 2.24) is 4.98 Å². The molecule has 3 aromatic rings. The fourth-order valence-electron chi connectivity index (χ4n) is 1.97. The number of anilines is 1. The van der Waals surface area contributed by atoms with Crippen LogP contribution in [-0.2, 0) is 0 Å². The van der Waals surface area contributed by atoms with Gasteiger partial charge in [0.15, 0.2) is 0 Å². The Bertz CT molecular complexity index is 750. The van der Waals surface area contributed by atoms with Crippen LogP contribution in [0, 0.1) is 6.92 Å². The molecule has 5 heteroatoms. The number of aryl methyl sites for hydroxylation is 1.